The van der Waals surface area contributed by atoms with Gasteiger partial charge in [0.2, 0.25) is 11.8 Å². The average Bonchev–Trinajstić information content (AvgIpc) is 3.21. The first kappa shape index (κ1) is 20.7. The van der Waals surface area contributed by atoms with Gasteiger partial charge in [0.15, 0.2) is 0 Å². The van der Waals surface area contributed by atoms with Crippen molar-refractivity contribution in [3.8, 4) is 22.9 Å². The molecule has 0 aliphatic carbocycles. The fourth-order valence-electron chi connectivity index (χ4n) is 3.31. The van der Waals surface area contributed by atoms with Crippen molar-refractivity contribution in [2.24, 2.45) is 0 Å². The number of amides is 1. The lowest BCUT2D eigenvalue weighted by atomic mass is 10.1. The van der Waals surface area contributed by atoms with Gasteiger partial charge >= 0.3 is 0 Å². The van der Waals surface area contributed by atoms with Gasteiger partial charge < -0.3 is 9.73 Å². The van der Waals surface area contributed by atoms with Gasteiger partial charge in [-0.15, -0.1) is 10.2 Å². The van der Waals surface area contributed by atoms with Gasteiger partial charge in [0, 0.05) is 41.9 Å². The normalized spacial score (nSPS) is 11.4. The minimum atomic E-state index is -0.0838. The summed E-state index contributed by atoms with van der Waals surface area (Å²) in [6.45, 7) is 10.1. The Bertz CT molecular complexity index is 910. The van der Waals surface area contributed by atoms with E-state index in [1.807, 2.05) is 42.5 Å². The lowest BCUT2D eigenvalue weighted by Gasteiger charge is -2.30. The monoisotopic (exact) mass is 392 g/mol. The summed E-state index contributed by atoms with van der Waals surface area (Å²) < 4.78 is 5.76. The molecule has 6 heteroatoms. The first-order valence-electron chi connectivity index (χ1n) is 9.99. The first-order valence-corrected chi connectivity index (χ1v) is 9.99. The molecule has 0 unspecified atom stereocenters. The number of nitrogens with one attached hydrogen (secondary N) is 1. The minimum Gasteiger partial charge on any atom is -0.416 e. The highest BCUT2D eigenvalue weighted by atomic mass is 16.4. The molecule has 6 nitrogen and oxygen atoms in total. The van der Waals surface area contributed by atoms with E-state index in [2.05, 4.69) is 48.1 Å². The molecular weight excluding hydrogens is 364 g/mol. The molecule has 0 spiro atoms. The molecule has 0 aliphatic rings. The van der Waals surface area contributed by atoms with Crippen LogP contribution < -0.4 is 5.32 Å². The van der Waals surface area contributed by atoms with Gasteiger partial charge in [-0.3, -0.25) is 9.69 Å². The maximum absolute atomic E-state index is 12.4. The second kappa shape index (κ2) is 9.47. The zero-order valence-corrected chi connectivity index (χ0v) is 17.4. The molecule has 0 atom stereocenters. The highest BCUT2D eigenvalue weighted by Gasteiger charge is 2.14. The van der Waals surface area contributed by atoms with Crippen LogP contribution in [0.1, 0.15) is 38.1 Å². The Hall–Kier alpha value is -2.99. The van der Waals surface area contributed by atoms with E-state index in [1.54, 1.807) is 12.1 Å². The van der Waals surface area contributed by atoms with Crippen molar-refractivity contribution in [3.63, 3.8) is 0 Å². The van der Waals surface area contributed by atoms with E-state index >= 15 is 0 Å². The van der Waals surface area contributed by atoms with Gasteiger partial charge in [0.1, 0.15) is 0 Å². The Labute approximate surface area is 172 Å². The predicted molar refractivity (Wildman–Crippen MR) is 114 cm³/mol. The number of hydrogen-bond acceptors (Lipinski definition) is 5. The van der Waals surface area contributed by atoms with Crippen LogP contribution in [0.5, 0.6) is 0 Å². The highest BCUT2D eigenvalue weighted by Crippen LogP contribution is 2.23. The molecule has 3 rings (SSSR count). The number of rotatable bonds is 8. The maximum atomic E-state index is 12.4. The molecular formula is C23H28N4O2. The van der Waals surface area contributed by atoms with E-state index in [9.17, 15) is 4.79 Å². The van der Waals surface area contributed by atoms with Crippen LogP contribution in [0.2, 0.25) is 0 Å². The first-order chi connectivity index (χ1) is 14.0. The Kier molecular flexibility index (Phi) is 6.77. The van der Waals surface area contributed by atoms with Crippen molar-refractivity contribution in [1.29, 1.82) is 0 Å². The molecule has 0 saturated carbocycles. The number of carbonyl (C=O) groups excluding carboxylic acids is 1. The standard InChI is InChI=1S/C23H28N4O2/c1-16(2)27(17(3)4)15-14-24-21(28)18-10-12-20(13-11-18)23-26-25-22(29-23)19-8-6-5-7-9-19/h5-13,16-17H,14-15H2,1-4H3,(H,24,28). The lowest BCUT2D eigenvalue weighted by molar-refractivity contribution is 0.0939. The quantitative estimate of drug-likeness (QED) is 0.620. The van der Waals surface area contributed by atoms with Crippen LogP contribution in [0.25, 0.3) is 22.9 Å². The van der Waals surface area contributed by atoms with E-state index < -0.39 is 0 Å². The Morgan fingerprint density at radius 2 is 1.45 bits per heavy atom. The second-order valence-corrected chi connectivity index (χ2v) is 7.54. The van der Waals surface area contributed by atoms with Gasteiger partial charge in [0.05, 0.1) is 0 Å². The van der Waals surface area contributed by atoms with E-state index in [1.165, 1.54) is 0 Å². The number of aromatic nitrogens is 2. The van der Waals surface area contributed by atoms with E-state index in [0.29, 0.717) is 36.0 Å². The Balaban J connectivity index is 1.60. The molecule has 0 fully saturated rings. The summed E-state index contributed by atoms with van der Waals surface area (Å²) in [5, 5.41) is 11.2. The topological polar surface area (TPSA) is 71.3 Å². The second-order valence-electron chi connectivity index (χ2n) is 7.54. The SMILES string of the molecule is CC(C)N(CCNC(=O)c1ccc(-c2nnc(-c3ccccc3)o2)cc1)C(C)C. The largest absolute Gasteiger partial charge is 0.416 e. The fraction of sp³-hybridized carbons (Fsp3) is 0.348. The minimum absolute atomic E-state index is 0.0838. The average molecular weight is 393 g/mol. The summed E-state index contributed by atoms with van der Waals surface area (Å²) in [7, 11) is 0. The third kappa shape index (κ3) is 5.29. The number of hydrogen-bond donors (Lipinski definition) is 1. The summed E-state index contributed by atoms with van der Waals surface area (Å²) in [5.41, 5.74) is 2.26. The molecule has 0 bridgehead atoms. The molecule has 0 aliphatic heterocycles. The van der Waals surface area contributed by atoms with Crippen LogP contribution in [-0.4, -0.2) is 46.2 Å². The molecule has 2 aromatic carbocycles. The molecule has 0 radical (unpaired) electrons. The van der Waals surface area contributed by atoms with Gasteiger partial charge in [-0.1, -0.05) is 18.2 Å². The van der Waals surface area contributed by atoms with E-state index in [4.69, 9.17) is 4.42 Å². The van der Waals surface area contributed by atoms with E-state index in [-0.39, 0.29) is 5.91 Å². The van der Waals surface area contributed by atoms with Crippen LogP contribution in [-0.2, 0) is 0 Å². The third-order valence-corrected chi connectivity index (χ3v) is 4.82. The summed E-state index contributed by atoms with van der Waals surface area (Å²) >= 11 is 0. The molecule has 1 aromatic heterocycles. The summed E-state index contributed by atoms with van der Waals surface area (Å²) in [6.07, 6.45) is 0. The summed E-state index contributed by atoms with van der Waals surface area (Å²) in [4.78, 5) is 14.8. The zero-order chi connectivity index (χ0) is 20.8. The summed E-state index contributed by atoms with van der Waals surface area (Å²) in [5.74, 6) is 0.821. The maximum Gasteiger partial charge on any atom is 0.251 e. The van der Waals surface area contributed by atoms with Crippen molar-refractivity contribution in [1.82, 2.24) is 20.4 Å². The Morgan fingerprint density at radius 3 is 2.00 bits per heavy atom. The third-order valence-electron chi connectivity index (χ3n) is 4.82. The van der Waals surface area contributed by atoms with Crippen molar-refractivity contribution >= 4 is 5.91 Å². The van der Waals surface area contributed by atoms with Crippen LogP contribution in [0.4, 0.5) is 0 Å². The van der Waals surface area contributed by atoms with Crippen LogP contribution in [0, 0.1) is 0 Å². The van der Waals surface area contributed by atoms with Crippen molar-refractivity contribution in [2.45, 2.75) is 39.8 Å². The van der Waals surface area contributed by atoms with Gasteiger partial charge in [-0.25, -0.2) is 0 Å². The molecule has 152 valence electrons. The predicted octanol–water partition coefficient (Wildman–Crippen LogP) is 4.25. The van der Waals surface area contributed by atoms with Gasteiger partial charge in [-0.05, 0) is 64.1 Å². The van der Waals surface area contributed by atoms with Crippen molar-refractivity contribution in [3.05, 3.63) is 60.2 Å². The molecule has 1 N–H and O–H groups in total. The molecule has 29 heavy (non-hydrogen) atoms. The van der Waals surface area contributed by atoms with Gasteiger partial charge in [-0.2, -0.15) is 0 Å². The molecule has 0 saturated heterocycles. The molecule has 1 amide bonds. The lowest BCUT2D eigenvalue weighted by Crippen LogP contribution is -2.42. The smallest absolute Gasteiger partial charge is 0.251 e. The van der Waals surface area contributed by atoms with Crippen LogP contribution >= 0.6 is 0 Å². The fourth-order valence-corrected chi connectivity index (χ4v) is 3.31. The van der Waals surface area contributed by atoms with E-state index in [0.717, 1.165) is 17.7 Å². The number of nitrogens with zero attached hydrogens (tertiary/aromatic N) is 3. The number of carbonyl (C=O) groups is 1. The molecule has 1 heterocycles. The van der Waals surface area contributed by atoms with Crippen LogP contribution in [0.3, 0.4) is 0 Å². The van der Waals surface area contributed by atoms with Crippen molar-refractivity contribution in [2.75, 3.05) is 13.1 Å². The number of benzene rings is 2. The van der Waals surface area contributed by atoms with Crippen molar-refractivity contribution < 1.29 is 9.21 Å². The summed E-state index contributed by atoms with van der Waals surface area (Å²) in [6, 6.07) is 17.7. The highest BCUT2D eigenvalue weighted by molar-refractivity contribution is 5.94. The Morgan fingerprint density at radius 1 is 0.897 bits per heavy atom. The van der Waals surface area contributed by atoms with Crippen LogP contribution in [0.15, 0.2) is 59.0 Å². The molecule has 3 aromatic rings. The zero-order valence-electron chi connectivity index (χ0n) is 17.4. The van der Waals surface area contributed by atoms with Gasteiger partial charge in [0.25, 0.3) is 5.91 Å².